The number of amides is 10. The molecule has 36 heteroatoms. The third kappa shape index (κ3) is 48.5. The van der Waals surface area contributed by atoms with E-state index < -0.39 is 0 Å². The Labute approximate surface area is 624 Å². The van der Waals surface area contributed by atoms with Gasteiger partial charge in [-0.2, -0.15) is 0 Å². The smallest absolute Gasteiger partial charge is 0.221 e. The van der Waals surface area contributed by atoms with E-state index in [1.54, 1.807) is 24.8 Å². The molecule has 0 aliphatic heterocycles. The molecule has 0 spiro atoms. The van der Waals surface area contributed by atoms with Crippen molar-refractivity contribution in [3.8, 4) is 0 Å². The minimum absolute atomic E-state index is 0.105. The van der Waals surface area contributed by atoms with Crippen molar-refractivity contribution < 1.29 is 47.9 Å². The van der Waals surface area contributed by atoms with Gasteiger partial charge in [0.15, 0.2) is 0 Å². The van der Waals surface area contributed by atoms with Crippen molar-refractivity contribution in [1.29, 1.82) is 0 Å². The Morgan fingerprint density at radius 2 is 0.485 bits per heavy atom. The lowest BCUT2D eigenvalue weighted by Gasteiger charge is -2.24. The first-order valence-corrected chi connectivity index (χ1v) is 42.9. The lowest BCUT2D eigenvalue weighted by molar-refractivity contribution is -0.123. The molecule has 4 heterocycles. The van der Waals surface area contributed by atoms with Crippen LogP contribution in [0, 0.1) is 0 Å². The van der Waals surface area contributed by atoms with E-state index in [1.807, 2.05) is 87.5 Å². The Kier molecular flexibility index (Phi) is 50.4. The van der Waals surface area contributed by atoms with Gasteiger partial charge in [-0.05, 0) is 111 Å². The van der Waals surface area contributed by atoms with Gasteiger partial charge in [-0.1, -0.05) is 67.4 Å². The molecule has 0 radical (unpaired) electrons. The maximum absolute atomic E-state index is 13.3. The van der Waals surface area contributed by atoms with Gasteiger partial charge >= 0.3 is 0 Å². The topological polar surface area (TPSA) is 378 Å². The fourth-order valence-electron chi connectivity index (χ4n) is 8.62. The number of aromatic nitrogens is 4. The number of rotatable bonds is 59. The first-order valence-electron chi connectivity index (χ1n) is 33.6. The SMILES string of the molecule is NCCCN(CCC(=O)NCCN(CCC(=O)NCCNC(=O)CCSSc1ccccn1)CCC(=O)NCCNC(=O)CCSSc1ccccn1)CCC(=O)NCCN(CCC(=O)NCCNC(=O)CCSSc1ccccn1)CCC(=O)NCCNC(=O)CCSSc1ccccn1. The number of nitrogens with two attached hydrogens (primary N) is 1. The van der Waals surface area contributed by atoms with Gasteiger partial charge in [0.2, 0.25) is 59.1 Å². The quantitative estimate of drug-likeness (QED) is 0.0222. The van der Waals surface area contributed by atoms with Gasteiger partial charge in [-0.15, -0.1) is 0 Å². The highest BCUT2D eigenvalue weighted by molar-refractivity contribution is 8.77. The van der Waals surface area contributed by atoms with Gasteiger partial charge in [0, 0.05) is 230 Å². The summed E-state index contributed by atoms with van der Waals surface area (Å²) < 4.78 is 0. The predicted octanol–water partition coefficient (Wildman–Crippen LogP) is 3.65. The van der Waals surface area contributed by atoms with Crippen LogP contribution in [-0.2, 0) is 47.9 Å². The van der Waals surface area contributed by atoms with Crippen LogP contribution in [0.25, 0.3) is 0 Å². The molecule has 0 aliphatic carbocycles. The first kappa shape index (κ1) is 87.3. The van der Waals surface area contributed by atoms with Crippen LogP contribution in [-0.4, -0.2) is 248 Å². The summed E-state index contributed by atoms with van der Waals surface area (Å²) in [5.74, 6) is 0.471. The van der Waals surface area contributed by atoms with Gasteiger partial charge in [-0.3, -0.25) is 47.9 Å². The summed E-state index contributed by atoms with van der Waals surface area (Å²) >= 11 is 0. The summed E-state index contributed by atoms with van der Waals surface area (Å²) in [7, 11) is 12.1. The second kappa shape index (κ2) is 58.3. The molecule has 101 heavy (non-hydrogen) atoms. The molecule has 0 fully saturated rings. The summed E-state index contributed by atoms with van der Waals surface area (Å²) in [6.45, 7) is 5.95. The number of hydrogen-bond donors (Lipinski definition) is 11. The van der Waals surface area contributed by atoms with Gasteiger partial charge in [0.05, 0.1) is 0 Å². The molecular weight excluding hydrogens is 1450 g/mol. The van der Waals surface area contributed by atoms with Crippen LogP contribution in [0.4, 0.5) is 0 Å². The molecule has 0 unspecified atom stereocenters. The zero-order valence-electron chi connectivity index (χ0n) is 57.0. The Morgan fingerprint density at radius 1 is 0.277 bits per heavy atom. The fraction of sp³-hybridized carbons (Fsp3) is 0.538. The molecule has 0 aliphatic rings. The monoisotopic (exact) mass is 1550 g/mol. The minimum Gasteiger partial charge on any atom is -0.355 e. The van der Waals surface area contributed by atoms with E-state index in [2.05, 4.69) is 73.1 Å². The fourth-order valence-corrected chi connectivity index (χ4v) is 16.1. The van der Waals surface area contributed by atoms with E-state index in [1.165, 1.54) is 86.4 Å². The summed E-state index contributed by atoms with van der Waals surface area (Å²) in [5, 5.41) is 32.0. The average molecular weight is 1550 g/mol. The molecule has 28 nitrogen and oxygen atoms in total. The van der Waals surface area contributed by atoms with Gasteiger partial charge in [0.1, 0.15) is 20.1 Å². The number of nitrogens with zero attached hydrogens (tertiary/aromatic N) is 7. The van der Waals surface area contributed by atoms with Crippen molar-refractivity contribution in [2.75, 3.05) is 154 Å². The Hall–Kier alpha value is -6.06. The van der Waals surface area contributed by atoms with Gasteiger partial charge in [-0.25, -0.2) is 19.9 Å². The number of pyridine rings is 4. The Bertz CT molecular complexity index is 2640. The van der Waals surface area contributed by atoms with Gasteiger partial charge < -0.3 is 73.6 Å². The summed E-state index contributed by atoms with van der Waals surface area (Å²) in [5.41, 5.74) is 5.88. The van der Waals surface area contributed by atoms with Crippen molar-refractivity contribution in [2.45, 2.75) is 90.7 Å². The van der Waals surface area contributed by atoms with E-state index in [4.69, 9.17) is 5.73 Å². The highest BCUT2D eigenvalue weighted by Crippen LogP contribution is 2.31. The number of carbonyl (C=O) groups is 10. The van der Waals surface area contributed by atoms with Crippen LogP contribution in [0.1, 0.15) is 70.6 Å². The molecule has 4 aromatic rings. The van der Waals surface area contributed by atoms with Crippen LogP contribution in [0.2, 0.25) is 0 Å². The number of carbonyl (C=O) groups excluding carboxylic acids is 10. The number of hydrogen-bond acceptors (Lipinski definition) is 26. The Morgan fingerprint density at radius 3 is 0.693 bits per heavy atom. The molecule has 0 atom stereocenters. The van der Waals surface area contributed by atoms with Crippen molar-refractivity contribution in [3.05, 3.63) is 97.6 Å². The maximum Gasteiger partial charge on any atom is 0.221 e. The molecular formula is C65H98N18O10S8. The summed E-state index contributed by atoms with van der Waals surface area (Å²) in [6.07, 6.45) is 9.44. The second-order valence-corrected chi connectivity index (χ2v) is 31.7. The van der Waals surface area contributed by atoms with Crippen LogP contribution in [0.5, 0.6) is 0 Å². The second-order valence-electron chi connectivity index (χ2n) is 22.0. The molecule has 0 bridgehead atoms. The highest BCUT2D eigenvalue weighted by atomic mass is 33.1. The summed E-state index contributed by atoms with van der Waals surface area (Å²) in [6, 6.07) is 22.6. The van der Waals surface area contributed by atoms with Crippen LogP contribution < -0.4 is 58.9 Å². The maximum atomic E-state index is 13.3. The molecule has 0 aromatic carbocycles. The molecule has 10 amide bonds. The van der Waals surface area contributed by atoms with E-state index in [-0.39, 0.29) is 189 Å². The summed E-state index contributed by atoms with van der Waals surface area (Å²) in [4.78, 5) is 151. The first-order chi connectivity index (χ1) is 49.2. The zero-order chi connectivity index (χ0) is 72.4. The van der Waals surface area contributed by atoms with Crippen LogP contribution in [0.15, 0.2) is 118 Å². The zero-order valence-corrected chi connectivity index (χ0v) is 63.6. The molecule has 0 saturated carbocycles. The molecule has 4 rings (SSSR count). The standard InChI is InChI=1S/C65H98N18O10S8/c66-24-9-39-81(40-14-56(88)75-37-46-82(42-16-52(84)67-29-33-71-58(90)20-48-94-98-62-10-1-5-25-77-62)43-17-53(85)68-30-34-72-59(91)21-49-95-99-63-11-2-6-26-78-63)41-15-57(89)76-38-47-83(44-18-54(86)69-31-35-73-60(92)22-50-96-100-64-12-3-7-27-79-64)45-19-55(87)70-32-36-74-61(93)23-51-97-101-65-13-4-8-28-80-65/h1-8,10-13,25-28H,9,14-24,29-51,66H2,(H,67,84)(H,68,85)(H,69,86)(H,70,87)(H,71,90)(H,72,91)(H,73,92)(H,74,93)(H,75,88)(H,76,89). The van der Waals surface area contributed by atoms with Crippen molar-refractivity contribution in [3.63, 3.8) is 0 Å². The highest BCUT2D eigenvalue weighted by Gasteiger charge is 2.17. The molecule has 556 valence electrons. The third-order valence-electron chi connectivity index (χ3n) is 14.0. The van der Waals surface area contributed by atoms with Crippen molar-refractivity contribution >= 4 is 145 Å². The van der Waals surface area contributed by atoms with Crippen LogP contribution >= 0.6 is 86.4 Å². The average Bonchev–Trinajstić information content (AvgIpc) is 2.52. The molecule has 12 N–H and O–H groups in total. The minimum atomic E-state index is -0.239. The lowest BCUT2D eigenvalue weighted by Crippen LogP contribution is -2.41. The van der Waals surface area contributed by atoms with E-state index in [0.717, 1.165) is 20.1 Å². The Balaban J connectivity index is 1.18. The normalized spacial score (nSPS) is 11.0. The lowest BCUT2D eigenvalue weighted by atomic mass is 10.2. The molecule has 0 saturated heterocycles. The van der Waals surface area contributed by atoms with E-state index in [0.29, 0.717) is 94.4 Å². The molecule has 4 aromatic heterocycles. The van der Waals surface area contributed by atoms with E-state index in [9.17, 15) is 47.9 Å². The van der Waals surface area contributed by atoms with Crippen molar-refractivity contribution in [1.82, 2.24) is 87.8 Å². The number of nitrogens with one attached hydrogen (secondary N) is 10. The van der Waals surface area contributed by atoms with E-state index >= 15 is 0 Å². The third-order valence-corrected chi connectivity index (χ3v) is 23.0. The van der Waals surface area contributed by atoms with Crippen LogP contribution in [0.3, 0.4) is 0 Å². The predicted molar refractivity (Wildman–Crippen MR) is 409 cm³/mol. The largest absolute Gasteiger partial charge is 0.355 e. The van der Waals surface area contributed by atoms with Gasteiger partial charge in [0.25, 0.3) is 0 Å². The van der Waals surface area contributed by atoms with Crippen molar-refractivity contribution in [2.24, 2.45) is 5.73 Å².